The summed E-state index contributed by atoms with van der Waals surface area (Å²) >= 11 is 0. The van der Waals surface area contributed by atoms with E-state index in [2.05, 4.69) is 10.0 Å². The van der Waals surface area contributed by atoms with Crippen molar-refractivity contribution in [2.45, 2.75) is 13.3 Å². The molecule has 7 heteroatoms. The fourth-order valence-electron chi connectivity index (χ4n) is 1.47. The summed E-state index contributed by atoms with van der Waals surface area (Å²) in [5, 5.41) is 3.15. The van der Waals surface area contributed by atoms with Crippen LogP contribution < -0.4 is 10.0 Å². The number of hydrogen-bond donors (Lipinski definition) is 2. The average Bonchev–Trinajstić information content (AvgIpc) is 2.30. The molecule has 1 fully saturated rings. The van der Waals surface area contributed by atoms with E-state index in [1.807, 2.05) is 6.92 Å². The van der Waals surface area contributed by atoms with Crippen molar-refractivity contribution in [3.05, 3.63) is 0 Å². The van der Waals surface area contributed by atoms with Gasteiger partial charge in [-0.1, -0.05) is 6.92 Å². The second-order valence-corrected chi connectivity index (χ2v) is 5.37. The second-order valence-electron chi connectivity index (χ2n) is 3.62. The number of ether oxygens (including phenoxy) is 1. The van der Waals surface area contributed by atoms with Gasteiger partial charge in [0.25, 0.3) is 10.2 Å². The molecule has 0 aliphatic carbocycles. The molecule has 6 nitrogen and oxygen atoms in total. The molecule has 1 saturated heterocycles. The minimum absolute atomic E-state index is 0.447. The minimum Gasteiger partial charge on any atom is -0.379 e. The molecule has 0 bridgehead atoms. The molecular formula is C9H21N3O3S. The summed E-state index contributed by atoms with van der Waals surface area (Å²) in [7, 11) is -3.29. The molecule has 0 aromatic rings. The van der Waals surface area contributed by atoms with Crippen molar-refractivity contribution in [1.82, 2.24) is 14.3 Å². The maximum atomic E-state index is 11.8. The first kappa shape index (κ1) is 13.9. The van der Waals surface area contributed by atoms with Crippen LogP contribution in [0.3, 0.4) is 0 Å². The molecule has 2 N–H and O–H groups in total. The summed E-state index contributed by atoms with van der Waals surface area (Å²) in [6.45, 7) is 6.12. The van der Waals surface area contributed by atoms with Crippen molar-refractivity contribution >= 4 is 10.2 Å². The average molecular weight is 251 g/mol. The first-order valence-corrected chi connectivity index (χ1v) is 7.14. The molecule has 0 saturated carbocycles. The molecule has 0 aromatic heterocycles. The summed E-state index contributed by atoms with van der Waals surface area (Å²) in [5.41, 5.74) is 0. The topological polar surface area (TPSA) is 70.7 Å². The van der Waals surface area contributed by atoms with Gasteiger partial charge in [0.1, 0.15) is 0 Å². The van der Waals surface area contributed by atoms with Gasteiger partial charge in [-0.05, 0) is 19.5 Å². The molecule has 0 radical (unpaired) electrons. The number of nitrogens with one attached hydrogen (secondary N) is 2. The summed E-state index contributed by atoms with van der Waals surface area (Å²) in [6, 6.07) is 0. The zero-order valence-electron chi connectivity index (χ0n) is 9.74. The molecule has 0 spiro atoms. The zero-order valence-corrected chi connectivity index (χ0v) is 10.6. The van der Waals surface area contributed by atoms with E-state index in [9.17, 15) is 8.42 Å². The fourth-order valence-corrected chi connectivity index (χ4v) is 2.68. The maximum Gasteiger partial charge on any atom is 0.279 e. The van der Waals surface area contributed by atoms with Gasteiger partial charge in [0, 0.05) is 19.6 Å². The Labute approximate surface area is 97.5 Å². The van der Waals surface area contributed by atoms with Crippen LogP contribution in [-0.2, 0) is 14.9 Å². The Morgan fingerprint density at radius 3 is 2.56 bits per heavy atom. The SMILES string of the molecule is CCNCCCNS(=O)(=O)N1CCOCC1. The summed E-state index contributed by atoms with van der Waals surface area (Å²) in [4.78, 5) is 0. The van der Waals surface area contributed by atoms with Crippen molar-refractivity contribution in [3.8, 4) is 0 Å². The second kappa shape index (κ2) is 7.18. The van der Waals surface area contributed by atoms with E-state index in [4.69, 9.17) is 4.74 Å². The quantitative estimate of drug-likeness (QED) is 0.578. The van der Waals surface area contributed by atoms with E-state index >= 15 is 0 Å². The van der Waals surface area contributed by atoms with Gasteiger partial charge < -0.3 is 10.1 Å². The van der Waals surface area contributed by atoms with E-state index in [1.165, 1.54) is 4.31 Å². The highest BCUT2D eigenvalue weighted by Gasteiger charge is 2.23. The lowest BCUT2D eigenvalue weighted by molar-refractivity contribution is 0.0725. The number of hydrogen-bond acceptors (Lipinski definition) is 4. The third-order valence-electron chi connectivity index (χ3n) is 2.37. The normalized spacial score (nSPS) is 18.8. The molecule has 16 heavy (non-hydrogen) atoms. The minimum atomic E-state index is -3.29. The van der Waals surface area contributed by atoms with E-state index in [1.54, 1.807) is 0 Å². The maximum absolute atomic E-state index is 11.8. The van der Waals surface area contributed by atoms with Crippen LogP contribution in [0.15, 0.2) is 0 Å². The van der Waals surface area contributed by atoms with Crippen LogP contribution in [0.5, 0.6) is 0 Å². The number of morpholine rings is 1. The van der Waals surface area contributed by atoms with Crippen molar-refractivity contribution < 1.29 is 13.2 Å². The standard InChI is InChI=1S/C9H21N3O3S/c1-2-10-4-3-5-11-16(13,14)12-6-8-15-9-7-12/h10-11H,2-9H2,1H3. The van der Waals surface area contributed by atoms with Crippen LogP contribution in [0.2, 0.25) is 0 Å². The summed E-state index contributed by atoms with van der Waals surface area (Å²) in [5.74, 6) is 0. The van der Waals surface area contributed by atoms with Gasteiger partial charge in [-0.15, -0.1) is 0 Å². The predicted octanol–water partition coefficient (Wildman–Crippen LogP) is -0.847. The van der Waals surface area contributed by atoms with Crippen LogP contribution in [0.4, 0.5) is 0 Å². The van der Waals surface area contributed by atoms with Crippen molar-refractivity contribution in [2.75, 3.05) is 45.9 Å². The van der Waals surface area contributed by atoms with Gasteiger partial charge in [0.05, 0.1) is 13.2 Å². The fraction of sp³-hybridized carbons (Fsp3) is 1.00. The summed E-state index contributed by atoms with van der Waals surface area (Å²) < 4.78 is 32.6. The Morgan fingerprint density at radius 2 is 1.94 bits per heavy atom. The molecule has 0 aromatic carbocycles. The van der Waals surface area contributed by atoms with Crippen molar-refractivity contribution in [1.29, 1.82) is 0 Å². The van der Waals surface area contributed by atoms with E-state index in [0.29, 0.717) is 32.8 Å². The number of nitrogens with zero attached hydrogens (tertiary/aromatic N) is 1. The monoisotopic (exact) mass is 251 g/mol. The molecule has 1 aliphatic rings. The lowest BCUT2D eigenvalue weighted by Gasteiger charge is -2.26. The highest BCUT2D eigenvalue weighted by atomic mass is 32.2. The smallest absolute Gasteiger partial charge is 0.279 e. The van der Waals surface area contributed by atoms with Crippen LogP contribution in [0.25, 0.3) is 0 Å². The lowest BCUT2D eigenvalue weighted by Crippen LogP contribution is -2.47. The highest BCUT2D eigenvalue weighted by Crippen LogP contribution is 2.02. The van der Waals surface area contributed by atoms with Crippen LogP contribution in [0.1, 0.15) is 13.3 Å². The Morgan fingerprint density at radius 1 is 1.25 bits per heavy atom. The number of rotatable bonds is 7. The van der Waals surface area contributed by atoms with E-state index < -0.39 is 10.2 Å². The van der Waals surface area contributed by atoms with E-state index in [0.717, 1.165) is 19.5 Å². The molecule has 1 aliphatic heterocycles. The molecule has 0 atom stereocenters. The lowest BCUT2D eigenvalue weighted by atomic mass is 10.4. The predicted molar refractivity (Wildman–Crippen MR) is 62.5 cm³/mol. The van der Waals surface area contributed by atoms with Crippen molar-refractivity contribution in [3.63, 3.8) is 0 Å². The molecule has 1 heterocycles. The van der Waals surface area contributed by atoms with Gasteiger partial charge in [-0.2, -0.15) is 12.7 Å². The van der Waals surface area contributed by atoms with Gasteiger partial charge >= 0.3 is 0 Å². The molecule has 1 rings (SSSR count). The van der Waals surface area contributed by atoms with Crippen LogP contribution >= 0.6 is 0 Å². The Balaban J connectivity index is 2.22. The zero-order chi connectivity index (χ0) is 11.9. The first-order chi connectivity index (χ1) is 7.67. The third-order valence-corrected chi connectivity index (χ3v) is 3.99. The molecule has 0 amide bonds. The Bertz CT molecular complexity index is 276. The Hall–Kier alpha value is -0.210. The van der Waals surface area contributed by atoms with Crippen LogP contribution in [-0.4, -0.2) is 58.7 Å². The third kappa shape index (κ3) is 4.75. The van der Waals surface area contributed by atoms with Gasteiger partial charge in [-0.25, -0.2) is 4.72 Å². The van der Waals surface area contributed by atoms with Crippen LogP contribution in [0, 0.1) is 0 Å². The molecular weight excluding hydrogens is 230 g/mol. The first-order valence-electron chi connectivity index (χ1n) is 5.70. The molecule has 96 valence electrons. The van der Waals surface area contributed by atoms with E-state index in [-0.39, 0.29) is 0 Å². The largest absolute Gasteiger partial charge is 0.379 e. The highest BCUT2D eigenvalue weighted by molar-refractivity contribution is 7.87. The molecule has 0 unspecified atom stereocenters. The summed E-state index contributed by atoms with van der Waals surface area (Å²) in [6.07, 6.45) is 0.803. The van der Waals surface area contributed by atoms with Gasteiger partial charge in [0.2, 0.25) is 0 Å². The Kier molecular flexibility index (Phi) is 6.22. The van der Waals surface area contributed by atoms with Gasteiger partial charge in [0.15, 0.2) is 0 Å². The van der Waals surface area contributed by atoms with Crippen molar-refractivity contribution in [2.24, 2.45) is 0 Å². The van der Waals surface area contributed by atoms with Gasteiger partial charge in [-0.3, -0.25) is 0 Å².